The summed E-state index contributed by atoms with van der Waals surface area (Å²) in [5, 5.41) is 3.24. The lowest BCUT2D eigenvalue weighted by Gasteiger charge is -2.24. The van der Waals surface area contributed by atoms with Gasteiger partial charge in [0.25, 0.3) is 0 Å². The van der Waals surface area contributed by atoms with Gasteiger partial charge in [-0.3, -0.25) is 0 Å². The van der Waals surface area contributed by atoms with Gasteiger partial charge in [-0.2, -0.15) is 0 Å². The quantitative estimate of drug-likeness (QED) is 0.833. The van der Waals surface area contributed by atoms with Crippen LogP contribution in [-0.2, 0) is 24.4 Å². The van der Waals surface area contributed by atoms with Gasteiger partial charge in [0.05, 0.1) is 13.2 Å². The van der Waals surface area contributed by atoms with Crippen LogP contribution < -0.4 is 5.32 Å². The van der Waals surface area contributed by atoms with Gasteiger partial charge in [0.2, 0.25) is 0 Å². The van der Waals surface area contributed by atoms with Gasteiger partial charge >= 0.3 is 0 Å². The summed E-state index contributed by atoms with van der Waals surface area (Å²) in [7, 11) is 2.02. The smallest absolute Gasteiger partial charge is 0.0725 e. The van der Waals surface area contributed by atoms with Crippen LogP contribution in [0.5, 0.6) is 0 Å². The van der Waals surface area contributed by atoms with E-state index >= 15 is 0 Å². The van der Waals surface area contributed by atoms with Gasteiger partial charge in [0.1, 0.15) is 0 Å². The number of fused-ring (bicyclic) bond motifs is 1. The molecule has 1 aliphatic rings. The minimum absolute atomic E-state index is 0.415. The van der Waals surface area contributed by atoms with Gasteiger partial charge in [-0.05, 0) is 55.0 Å². The van der Waals surface area contributed by atoms with E-state index in [9.17, 15) is 0 Å². The molecule has 0 saturated carbocycles. The standard InChI is InChI=1S/C16H25NO/c1-16(2,8-9-17-3)7-6-13-4-5-14-11-18-12-15(14)10-13/h4-5,10,17H,6-9,11-12H2,1-3H3. The molecular weight excluding hydrogens is 222 g/mol. The Kier molecular flexibility index (Phi) is 4.41. The maximum atomic E-state index is 5.46. The van der Waals surface area contributed by atoms with Crippen LogP contribution in [0.2, 0.25) is 0 Å². The number of rotatable bonds is 6. The Labute approximate surface area is 111 Å². The van der Waals surface area contributed by atoms with E-state index in [0.29, 0.717) is 5.41 Å². The number of nitrogens with one attached hydrogen (secondary N) is 1. The minimum atomic E-state index is 0.415. The molecule has 0 saturated heterocycles. The van der Waals surface area contributed by atoms with Crippen LogP contribution >= 0.6 is 0 Å². The second-order valence-corrected chi connectivity index (χ2v) is 6.11. The first-order valence-electron chi connectivity index (χ1n) is 6.94. The molecule has 1 N–H and O–H groups in total. The summed E-state index contributed by atoms with van der Waals surface area (Å²) in [5.74, 6) is 0. The van der Waals surface area contributed by atoms with Crippen molar-refractivity contribution in [2.75, 3.05) is 13.6 Å². The van der Waals surface area contributed by atoms with Crippen molar-refractivity contribution in [1.29, 1.82) is 0 Å². The van der Waals surface area contributed by atoms with Crippen LogP contribution in [0.25, 0.3) is 0 Å². The fraction of sp³-hybridized carbons (Fsp3) is 0.625. The van der Waals surface area contributed by atoms with E-state index in [1.807, 2.05) is 7.05 Å². The molecule has 0 unspecified atom stereocenters. The predicted octanol–water partition coefficient (Wildman–Crippen LogP) is 3.29. The summed E-state index contributed by atoms with van der Waals surface area (Å²) < 4.78 is 5.46. The van der Waals surface area contributed by atoms with Crippen molar-refractivity contribution in [2.45, 2.75) is 46.3 Å². The third-order valence-corrected chi connectivity index (χ3v) is 3.93. The zero-order valence-electron chi connectivity index (χ0n) is 11.9. The molecule has 2 rings (SSSR count). The van der Waals surface area contributed by atoms with Gasteiger partial charge in [-0.1, -0.05) is 32.0 Å². The molecule has 0 radical (unpaired) electrons. The minimum Gasteiger partial charge on any atom is -0.372 e. The Hall–Kier alpha value is -0.860. The highest BCUT2D eigenvalue weighted by Crippen LogP contribution is 2.28. The molecule has 0 atom stereocenters. The lowest BCUT2D eigenvalue weighted by atomic mass is 9.83. The fourth-order valence-corrected chi connectivity index (χ4v) is 2.45. The largest absolute Gasteiger partial charge is 0.372 e. The number of aryl methyl sites for hydroxylation is 1. The van der Waals surface area contributed by atoms with E-state index in [0.717, 1.165) is 19.8 Å². The summed E-state index contributed by atoms with van der Waals surface area (Å²) in [6.07, 6.45) is 3.65. The molecule has 1 heterocycles. The van der Waals surface area contributed by atoms with Crippen LogP contribution in [0.15, 0.2) is 18.2 Å². The molecule has 1 aromatic carbocycles. The maximum absolute atomic E-state index is 5.46. The van der Waals surface area contributed by atoms with Crippen LogP contribution in [0.4, 0.5) is 0 Å². The number of benzene rings is 1. The van der Waals surface area contributed by atoms with Crippen LogP contribution in [0.1, 0.15) is 43.4 Å². The number of hydrogen-bond acceptors (Lipinski definition) is 2. The summed E-state index contributed by atoms with van der Waals surface area (Å²) in [6.45, 7) is 7.42. The van der Waals surface area contributed by atoms with Gasteiger partial charge in [0, 0.05) is 0 Å². The van der Waals surface area contributed by atoms with Crippen molar-refractivity contribution < 1.29 is 4.74 Å². The second-order valence-electron chi connectivity index (χ2n) is 6.11. The van der Waals surface area contributed by atoms with E-state index in [4.69, 9.17) is 4.74 Å². The van der Waals surface area contributed by atoms with Crippen molar-refractivity contribution in [2.24, 2.45) is 5.41 Å². The van der Waals surface area contributed by atoms with Crippen molar-refractivity contribution in [3.8, 4) is 0 Å². The zero-order valence-corrected chi connectivity index (χ0v) is 11.9. The average molecular weight is 247 g/mol. The highest BCUT2D eigenvalue weighted by molar-refractivity contribution is 5.33. The Bertz CT molecular complexity index is 398. The highest BCUT2D eigenvalue weighted by atomic mass is 16.5. The summed E-state index contributed by atoms with van der Waals surface area (Å²) >= 11 is 0. The Morgan fingerprint density at radius 2 is 1.94 bits per heavy atom. The van der Waals surface area contributed by atoms with Gasteiger partial charge in [-0.15, -0.1) is 0 Å². The summed E-state index contributed by atoms with van der Waals surface area (Å²) in [5.41, 5.74) is 4.63. The van der Waals surface area contributed by atoms with Crippen molar-refractivity contribution in [3.63, 3.8) is 0 Å². The topological polar surface area (TPSA) is 21.3 Å². The lowest BCUT2D eigenvalue weighted by molar-refractivity contribution is 0.134. The molecule has 0 aliphatic carbocycles. The Morgan fingerprint density at radius 1 is 1.17 bits per heavy atom. The lowest BCUT2D eigenvalue weighted by Crippen LogP contribution is -2.20. The van der Waals surface area contributed by atoms with E-state index in [-0.39, 0.29) is 0 Å². The molecule has 100 valence electrons. The van der Waals surface area contributed by atoms with Gasteiger partial charge < -0.3 is 10.1 Å². The van der Waals surface area contributed by atoms with Gasteiger partial charge in [-0.25, -0.2) is 0 Å². The van der Waals surface area contributed by atoms with Crippen LogP contribution in [0, 0.1) is 5.41 Å². The molecule has 2 heteroatoms. The molecule has 0 aromatic heterocycles. The molecule has 1 aromatic rings. The fourth-order valence-electron chi connectivity index (χ4n) is 2.45. The van der Waals surface area contributed by atoms with E-state index < -0.39 is 0 Å². The first-order valence-corrected chi connectivity index (χ1v) is 6.94. The third kappa shape index (κ3) is 3.56. The van der Waals surface area contributed by atoms with E-state index in [1.54, 1.807) is 0 Å². The number of ether oxygens (including phenoxy) is 1. The first-order chi connectivity index (χ1) is 8.61. The highest BCUT2D eigenvalue weighted by Gasteiger charge is 2.17. The molecule has 0 spiro atoms. The molecule has 0 fully saturated rings. The second kappa shape index (κ2) is 5.85. The molecule has 18 heavy (non-hydrogen) atoms. The SMILES string of the molecule is CNCCC(C)(C)CCc1ccc2c(c1)COC2. The Balaban J connectivity index is 1.90. The summed E-state index contributed by atoms with van der Waals surface area (Å²) in [6, 6.07) is 6.83. The van der Waals surface area contributed by atoms with Crippen LogP contribution in [-0.4, -0.2) is 13.6 Å². The normalized spacial score (nSPS) is 14.8. The van der Waals surface area contributed by atoms with E-state index in [1.165, 1.54) is 36.0 Å². The molecule has 2 nitrogen and oxygen atoms in total. The number of hydrogen-bond donors (Lipinski definition) is 1. The predicted molar refractivity (Wildman–Crippen MR) is 75.6 cm³/mol. The average Bonchev–Trinajstić information content (AvgIpc) is 2.81. The van der Waals surface area contributed by atoms with E-state index in [2.05, 4.69) is 37.4 Å². The zero-order chi connectivity index (χ0) is 13.0. The van der Waals surface area contributed by atoms with Crippen molar-refractivity contribution in [3.05, 3.63) is 34.9 Å². The third-order valence-electron chi connectivity index (χ3n) is 3.93. The van der Waals surface area contributed by atoms with Gasteiger partial charge in [0.15, 0.2) is 0 Å². The van der Waals surface area contributed by atoms with Crippen molar-refractivity contribution in [1.82, 2.24) is 5.32 Å². The molecule has 0 amide bonds. The summed E-state index contributed by atoms with van der Waals surface area (Å²) in [4.78, 5) is 0. The first kappa shape index (κ1) is 13.6. The monoisotopic (exact) mass is 247 g/mol. The maximum Gasteiger partial charge on any atom is 0.0725 e. The molecular formula is C16H25NO. The van der Waals surface area contributed by atoms with Crippen LogP contribution in [0.3, 0.4) is 0 Å². The Morgan fingerprint density at radius 3 is 2.72 bits per heavy atom. The molecule has 0 bridgehead atoms. The molecule has 1 aliphatic heterocycles. The van der Waals surface area contributed by atoms with Crippen molar-refractivity contribution >= 4 is 0 Å².